The van der Waals surface area contributed by atoms with Gasteiger partial charge in [0, 0.05) is 20.3 Å². The van der Waals surface area contributed by atoms with Crippen molar-refractivity contribution in [1.29, 1.82) is 0 Å². The lowest BCUT2D eigenvalue weighted by Crippen LogP contribution is -2.18. The van der Waals surface area contributed by atoms with Gasteiger partial charge in [0.25, 0.3) is 0 Å². The van der Waals surface area contributed by atoms with Crippen LogP contribution >= 0.6 is 15.9 Å². The molecule has 0 aliphatic rings. The largest absolute Gasteiger partial charge is 0.383 e. The van der Waals surface area contributed by atoms with E-state index in [-0.39, 0.29) is 10.6 Å². The molecule has 6 nitrogen and oxygen atoms in total. The number of ketones is 1. The molecule has 1 heterocycles. The number of tetrazole rings is 1. The van der Waals surface area contributed by atoms with Crippen LogP contribution in [0.3, 0.4) is 0 Å². The minimum absolute atomic E-state index is 0.0734. The highest BCUT2D eigenvalue weighted by atomic mass is 79.9. The summed E-state index contributed by atoms with van der Waals surface area (Å²) in [5, 5.41) is 11.7. The zero-order valence-electron chi connectivity index (χ0n) is 12.1. The summed E-state index contributed by atoms with van der Waals surface area (Å²) in [7, 11) is 3.70. The summed E-state index contributed by atoms with van der Waals surface area (Å²) in [6.45, 7) is 1.78. The highest BCUT2D eigenvalue weighted by Gasteiger charge is 2.23. The van der Waals surface area contributed by atoms with Gasteiger partial charge in [0.05, 0.1) is 16.1 Å². The second-order valence-corrected chi connectivity index (χ2v) is 6.11. The number of aromatic nitrogens is 4. The normalized spacial score (nSPS) is 13.0. The third kappa shape index (κ3) is 3.55. The van der Waals surface area contributed by atoms with Crippen molar-refractivity contribution in [3.05, 3.63) is 42.4 Å². The highest BCUT2D eigenvalue weighted by molar-refractivity contribution is 9.10. The third-order valence-electron chi connectivity index (χ3n) is 2.73. The van der Waals surface area contributed by atoms with Crippen LogP contribution in [0.15, 0.2) is 36.5 Å². The standard InChI is InChI=1S/C14H16BrN5O/c1-10(15)13(21)12(9-19(2)3)14-16-17-18-20(14)11-7-5-4-6-8-11/h4-10H,1-3H3/b12-9-/t10-/m1/s1. The van der Waals surface area contributed by atoms with Crippen LogP contribution in [0.2, 0.25) is 0 Å². The molecule has 110 valence electrons. The van der Waals surface area contributed by atoms with E-state index in [4.69, 9.17) is 0 Å². The lowest BCUT2D eigenvalue weighted by molar-refractivity contribution is -0.113. The van der Waals surface area contributed by atoms with Crippen molar-refractivity contribution < 1.29 is 4.79 Å². The second kappa shape index (κ2) is 6.62. The Morgan fingerprint density at radius 3 is 2.57 bits per heavy atom. The molecule has 0 aliphatic carbocycles. The summed E-state index contributed by atoms with van der Waals surface area (Å²) in [5.74, 6) is 0.349. The topological polar surface area (TPSA) is 63.9 Å². The number of rotatable bonds is 5. The van der Waals surface area contributed by atoms with Crippen LogP contribution in [0.4, 0.5) is 0 Å². The third-order valence-corrected chi connectivity index (χ3v) is 3.14. The maximum atomic E-state index is 12.4. The molecule has 0 spiro atoms. The smallest absolute Gasteiger partial charge is 0.192 e. The Kier molecular flexibility index (Phi) is 4.85. The lowest BCUT2D eigenvalue weighted by atomic mass is 10.1. The molecule has 0 radical (unpaired) electrons. The first-order chi connectivity index (χ1) is 10.0. The molecule has 1 aromatic heterocycles. The Bertz CT molecular complexity index is 648. The van der Waals surface area contributed by atoms with E-state index in [1.54, 1.807) is 22.7 Å². The molecule has 0 N–H and O–H groups in total. The average Bonchev–Trinajstić information content (AvgIpc) is 2.93. The van der Waals surface area contributed by atoms with Crippen molar-refractivity contribution >= 4 is 27.3 Å². The molecule has 0 unspecified atom stereocenters. The Hall–Kier alpha value is -2.02. The van der Waals surface area contributed by atoms with Crippen LogP contribution in [0.1, 0.15) is 12.7 Å². The number of halogens is 1. The van der Waals surface area contributed by atoms with Gasteiger partial charge in [-0.1, -0.05) is 34.1 Å². The van der Waals surface area contributed by atoms with Crippen LogP contribution < -0.4 is 0 Å². The Labute approximate surface area is 131 Å². The van der Waals surface area contributed by atoms with Crippen molar-refractivity contribution in [3.63, 3.8) is 0 Å². The number of Topliss-reactive ketones (excluding diaryl/α,β-unsaturated/α-hetero) is 1. The lowest BCUT2D eigenvalue weighted by Gasteiger charge is -2.12. The van der Waals surface area contributed by atoms with Gasteiger partial charge >= 0.3 is 0 Å². The van der Waals surface area contributed by atoms with Gasteiger partial charge < -0.3 is 4.90 Å². The zero-order chi connectivity index (χ0) is 15.4. The maximum absolute atomic E-state index is 12.4. The highest BCUT2D eigenvalue weighted by Crippen LogP contribution is 2.20. The summed E-state index contributed by atoms with van der Waals surface area (Å²) < 4.78 is 1.56. The first-order valence-corrected chi connectivity index (χ1v) is 7.33. The molecule has 0 saturated carbocycles. The van der Waals surface area contributed by atoms with Crippen LogP contribution in [0.25, 0.3) is 11.3 Å². The van der Waals surface area contributed by atoms with Gasteiger partial charge in [0.15, 0.2) is 11.6 Å². The fourth-order valence-corrected chi connectivity index (χ4v) is 2.05. The van der Waals surface area contributed by atoms with Gasteiger partial charge in [-0.15, -0.1) is 5.10 Å². The number of hydrogen-bond acceptors (Lipinski definition) is 5. The minimum Gasteiger partial charge on any atom is -0.383 e. The summed E-state index contributed by atoms with van der Waals surface area (Å²) in [6.07, 6.45) is 1.73. The number of carbonyl (C=O) groups excluding carboxylic acids is 1. The fourth-order valence-electron chi connectivity index (χ4n) is 1.80. The van der Waals surface area contributed by atoms with Crippen molar-refractivity contribution in [3.8, 4) is 5.69 Å². The summed E-state index contributed by atoms with van der Waals surface area (Å²) >= 11 is 3.31. The Morgan fingerprint density at radius 1 is 1.33 bits per heavy atom. The molecule has 2 aromatic rings. The van der Waals surface area contributed by atoms with E-state index in [1.165, 1.54) is 0 Å². The van der Waals surface area contributed by atoms with Gasteiger partial charge in [0.1, 0.15) is 0 Å². The van der Waals surface area contributed by atoms with E-state index < -0.39 is 0 Å². The predicted molar refractivity (Wildman–Crippen MR) is 84.2 cm³/mol. The van der Waals surface area contributed by atoms with E-state index >= 15 is 0 Å². The molecule has 7 heteroatoms. The van der Waals surface area contributed by atoms with Gasteiger partial charge in [-0.3, -0.25) is 4.79 Å². The van der Waals surface area contributed by atoms with Gasteiger partial charge in [0.2, 0.25) is 0 Å². The second-order valence-electron chi connectivity index (χ2n) is 4.74. The summed E-state index contributed by atoms with van der Waals surface area (Å²) in [4.78, 5) is 13.9. The van der Waals surface area contributed by atoms with Crippen molar-refractivity contribution in [2.75, 3.05) is 14.1 Å². The molecule has 2 rings (SSSR count). The van der Waals surface area contributed by atoms with E-state index in [9.17, 15) is 4.79 Å². The number of para-hydroxylation sites is 1. The monoisotopic (exact) mass is 349 g/mol. The first-order valence-electron chi connectivity index (χ1n) is 6.41. The molecule has 0 bridgehead atoms. The molecule has 1 aromatic carbocycles. The predicted octanol–water partition coefficient (Wildman–Crippen LogP) is 1.92. The molecule has 21 heavy (non-hydrogen) atoms. The van der Waals surface area contributed by atoms with E-state index in [0.717, 1.165) is 5.69 Å². The Morgan fingerprint density at radius 2 is 2.00 bits per heavy atom. The SMILES string of the molecule is C[C@@H](Br)C(=O)/C(=C/N(C)C)c1nnnn1-c1ccccc1. The zero-order valence-corrected chi connectivity index (χ0v) is 13.6. The number of carbonyl (C=O) groups is 1. The van der Waals surface area contributed by atoms with Crippen molar-refractivity contribution in [2.24, 2.45) is 0 Å². The molecule has 0 fully saturated rings. The van der Waals surface area contributed by atoms with Crippen molar-refractivity contribution in [2.45, 2.75) is 11.8 Å². The first kappa shape index (κ1) is 15.4. The molecule has 0 aliphatic heterocycles. The number of allylic oxidation sites excluding steroid dienone is 1. The van der Waals surface area contributed by atoms with Gasteiger partial charge in [-0.25, -0.2) is 0 Å². The number of hydrogen-bond donors (Lipinski definition) is 0. The summed E-state index contributed by atoms with van der Waals surface area (Å²) in [5.41, 5.74) is 1.26. The summed E-state index contributed by atoms with van der Waals surface area (Å²) in [6, 6.07) is 9.47. The fraction of sp³-hybridized carbons (Fsp3) is 0.286. The average molecular weight is 350 g/mol. The van der Waals surface area contributed by atoms with Gasteiger partial charge in [-0.05, 0) is 29.5 Å². The van der Waals surface area contributed by atoms with Crippen LogP contribution in [0, 0.1) is 0 Å². The number of benzene rings is 1. The van der Waals surface area contributed by atoms with Crippen LogP contribution in [0.5, 0.6) is 0 Å². The number of nitrogens with zero attached hydrogens (tertiary/aromatic N) is 5. The Balaban J connectivity index is 2.53. The molecular weight excluding hydrogens is 334 g/mol. The van der Waals surface area contributed by atoms with E-state index in [0.29, 0.717) is 11.4 Å². The maximum Gasteiger partial charge on any atom is 0.192 e. The number of alkyl halides is 1. The van der Waals surface area contributed by atoms with E-state index in [1.807, 2.05) is 44.4 Å². The molecule has 1 atom stereocenters. The minimum atomic E-state index is -0.315. The quantitative estimate of drug-likeness (QED) is 0.609. The van der Waals surface area contributed by atoms with Crippen LogP contribution in [-0.2, 0) is 4.79 Å². The van der Waals surface area contributed by atoms with Crippen molar-refractivity contribution in [1.82, 2.24) is 25.1 Å². The van der Waals surface area contributed by atoms with Crippen LogP contribution in [-0.4, -0.2) is 49.8 Å². The van der Waals surface area contributed by atoms with Gasteiger partial charge in [-0.2, -0.15) is 4.68 Å². The van der Waals surface area contributed by atoms with E-state index in [2.05, 4.69) is 31.5 Å². The molecule has 0 saturated heterocycles. The molecule has 0 amide bonds. The molecular formula is C14H16BrN5O.